The molecule has 1 aliphatic heterocycles. The van der Waals surface area contributed by atoms with E-state index in [1.807, 2.05) is 43.3 Å². The molecule has 5 rings (SSSR count). The number of amides is 2. The second-order valence-corrected chi connectivity index (χ2v) is 11.4. The number of nitrogens with zero attached hydrogens (tertiary/aromatic N) is 2. The summed E-state index contributed by atoms with van der Waals surface area (Å²) in [6.45, 7) is 6.60. The number of carbonyl (C=O) groups is 2. The lowest BCUT2D eigenvalue weighted by Crippen LogP contribution is -2.35. The Morgan fingerprint density at radius 3 is 2.64 bits per heavy atom. The summed E-state index contributed by atoms with van der Waals surface area (Å²) in [4.78, 5) is 33.4. The highest BCUT2D eigenvalue weighted by atomic mass is 35.5. The topological polar surface area (TPSA) is 128 Å². The van der Waals surface area contributed by atoms with Crippen LogP contribution in [-0.4, -0.2) is 52.6 Å². The Balaban J connectivity index is 1.30. The third-order valence-corrected chi connectivity index (χ3v) is 8.23. The molecule has 0 aliphatic carbocycles. The summed E-state index contributed by atoms with van der Waals surface area (Å²) in [5.41, 5.74) is 8.40. The number of halogens is 1. The third-order valence-electron chi connectivity index (χ3n) is 7.84. The van der Waals surface area contributed by atoms with Gasteiger partial charge in [0.25, 0.3) is 5.91 Å². The number of aliphatic hydroxyl groups is 1. The second kappa shape index (κ2) is 14.5. The van der Waals surface area contributed by atoms with Crippen LogP contribution in [-0.2, 0) is 17.9 Å². The lowest BCUT2D eigenvalue weighted by molar-refractivity contribution is -0.119. The molecule has 1 saturated heterocycles. The van der Waals surface area contributed by atoms with E-state index in [0.717, 1.165) is 46.3 Å². The first-order chi connectivity index (χ1) is 21.3. The molecular weight excluding hydrogens is 576 g/mol. The van der Waals surface area contributed by atoms with Gasteiger partial charge in [-0.2, -0.15) is 0 Å². The number of hydrogen-bond acceptors (Lipinski definition) is 7. The van der Waals surface area contributed by atoms with E-state index in [2.05, 4.69) is 50.3 Å². The zero-order valence-electron chi connectivity index (χ0n) is 24.9. The van der Waals surface area contributed by atoms with Gasteiger partial charge in [-0.15, -0.1) is 0 Å². The van der Waals surface area contributed by atoms with E-state index in [-0.39, 0.29) is 24.5 Å². The molecule has 0 unspecified atom stereocenters. The fourth-order valence-electron chi connectivity index (χ4n) is 5.33. The number of nitrogens with one attached hydrogen (secondary N) is 4. The summed E-state index contributed by atoms with van der Waals surface area (Å²) >= 11 is 7.00. The molecule has 0 bridgehead atoms. The predicted octanol–water partition coefficient (Wildman–Crippen LogP) is 4.78. The van der Waals surface area contributed by atoms with Crippen LogP contribution in [0.2, 0.25) is 5.02 Å². The van der Waals surface area contributed by atoms with Crippen LogP contribution in [0.4, 0.5) is 5.69 Å². The number of hydrogen-bond donors (Lipinski definition) is 5. The van der Waals surface area contributed by atoms with E-state index in [4.69, 9.17) is 16.7 Å². The van der Waals surface area contributed by atoms with Crippen molar-refractivity contribution in [2.45, 2.75) is 45.8 Å². The van der Waals surface area contributed by atoms with Crippen LogP contribution in [0.15, 0.2) is 67.0 Å². The summed E-state index contributed by atoms with van der Waals surface area (Å²) in [5, 5.41) is 22.0. The molecule has 2 aromatic heterocycles. The quantitative estimate of drug-likeness (QED) is 0.146. The Morgan fingerprint density at radius 1 is 1.05 bits per heavy atom. The number of pyridine rings is 2. The molecule has 10 heteroatoms. The number of aromatic nitrogens is 2. The van der Waals surface area contributed by atoms with Crippen molar-refractivity contribution in [1.29, 1.82) is 0 Å². The van der Waals surface area contributed by atoms with E-state index in [9.17, 15) is 9.59 Å². The van der Waals surface area contributed by atoms with Crippen LogP contribution < -0.4 is 21.3 Å². The van der Waals surface area contributed by atoms with Crippen molar-refractivity contribution < 1.29 is 14.7 Å². The number of benzene rings is 2. The van der Waals surface area contributed by atoms with Gasteiger partial charge in [0.1, 0.15) is 5.69 Å². The van der Waals surface area contributed by atoms with Gasteiger partial charge in [0.05, 0.1) is 17.3 Å². The normalized spacial score (nSPS) is 14.5. The molecule has 1 atom stereocenters. The smallest absolute Gasteiger partial charge is 0.274 e. The summed E-state index contributed by atoms with van der Waals surface area (Å²) in [7, 11) is 0. The van der Waals surface area contributed by atoms with Gasteiger partial charge in [-0.1, -0.05) is 41.9 Å². The predicted molar refractivity (Wildman–Crippen MR) is 173 cm³/mol. The van der Waals surface area contributed by atoms with Crippen molar-refractivity contribution in [2.24, 2.45) is 0 Å². The molecule has 0 spiro atoms. The Morgan fingerprint density at radius 2 is 1.91 bits per heavy atom. The summed E-state index contributed by atoms with van der Waals surface area (Å²) in [6.07, 6.45) is 4.88. The van der Waals surface area contributed by atoms with Crippen molar-refractivity contribution in [3.8, 4) is 22.4 Å². The van der Waals surface area contributed by atoms with Gasteiger partial charge >= 0.3 is 0 Å². The van der Waals surface area contributed by atoms with Gasteiger partial charge in [-0.25, -0.2) is 0 Å². The van der Waals surface area contributed by atoms with E-state index in [1.165, 1.54) is 5.56 Å². The lowest BCUT2D eigenvalue weighted by Gasteiger charge is -2.16. The van der Waals surface area contributed by atoms with Gasteiger partial charge in [-0.05, 0) is 72.4 Å². The standard InChI is InChI=1S/C34H37ClN6O3/c1-21-16-24(7-8-25(21)19-37-20-26-9-11-31(43)40-26)33-32(35)28(12-13-38-33)27-4-3-5-29(22(27)2)41-34(44)30-10-6-23(18-39-30)17-36-14-15-42/h3-8,10,12-13,16,18,26,36-37,42H,9,11,14-15,17,19-20H2,1-2H3,(H,40,43)(H,41,44)/t26-/m1/s1. The van der Waals surface area contributed by atoms with Crippen LogP contribution in [0.1, 0.15) is 45.6 Å². The van der Waals surface area contributed by atoms with Gasteiger partial charge in [0.15, 0.2) is 0 Å². The van der Waals surface area contributed by atoms with Gasteiger partial charge in [0, 0.05) is 67.8 Å². The monoisotopic (exact) mass is 612 g/mol. The van der Waals surface area contributed by atoms with Gasteiger partial charge < -0.3 is 26.4 Å². The van der Waals surface area contributed by atoms with E-state index in [0.29, 0.717) is 48.2 Å². The molecule has 228 valence electrons. The Bertz CT molecular complexity index is 1640. The Hall–Kier alpha value is -4.15. The average molecular weight is 613 g/mol. The highest BCUT2D eigenvalue weighted by molar-refractivity contribution is 6.35. The van der Waals surface area contributed by atoms with Crippen LogP contribution in [0.5, 0.6) is 0 Å². The summed E-state index contributed by atoms with van der Waals surface area (Å²) in [6, 6.07) is 17.6. The van der Waals surface area contributed by atoms with Crippen LogP contribution in [0, 0.1) is 13.8 Å². The first kappa shape index (κ1) is 31.3. The average Bonchev–Trinajstić information content (AvgIpc) is 3.44. The maximum atomic E-state index is 13.0. The Labute approximate surface area is 262 Å². The van der Waals surface area contributed by atoms with Crippen molar-refractivity contribution in [3.05, 3.63) is 100.0 Å². The van der Waals surface area contributed by atoms with Crippen molar-refractivity contribution in [3.63, 3.8) is 0 Å². The van der Waals surface area contributed by atoms with E-state index >= 15 is 0 Å². The van der Waals surface area contributed by atoms with Gasteiger partial charge in [0.2, 0.25) is 5.91 Å². The number of aliphatic hydroxyl groups excluding tert-OH is 1. The lowest BCUT2D eigenvalue weighted by atomic mass is 9.97. The molecule has 1 aliphatic rings. The zero-order chi connectivity index (χ0) is 31.1. The molecule has 44 heavy (non-hydrogen) atoms. The second-order valence-electron chi connectivity index (χ2n) is 11.0. The highest BCUT2D eigenvalue weighted by Crippen LogP contribution is 2.38. The SMILES string of the molecule is Cc1cc(-c2nccc(-c3cccc(NC(=O)c4ccc(CNCCO)cn4)c3C)c2Cl)ccc1CNC[C@H]1CCC(=O)N1. The van der Waals surface area contributed by atoms with E-state index < -0.39 is 0 Å². The van der Waals surface area contributed by atoms with Crippen molar-refractivity contribution >= 4 is 29.1 Å². The minimum absolute atomic E-state index is 0.0634. The van der Waals surface area contributed by atoms with Crippen LogP contribution >= 0.6 is 11.6 Å². The minimum Gasteiger partial charge on any atom is -0.395 e. The first-order valence-corrected chi connectivity index (χ1v) is 15.1. The van der Waals surface area contributed by atoms with E-state index in [1.54, 1.807) is 18.5 Å². The molecule has 1 fully saturated rings. The summed E-state index contributed by atoms with van der Waals surface area (Å²) < 4.78 is 0. The maximum absolute atomic E-state index is 13.0. The number of anilines is 1. The maximum Gasteiger partial charge on any atom is 0.274 e. The van der Waals surface area contributed by atoms with Crippen LogP contribution in [0.3, 0.4) is 0 Å². The summed E-state index contributed by atoms with van der Waals surface area (Å²) in [5.74, 6) is -0.182. The number of carbonyl (C=O) groups excluding carboxylic acids is 2. The molecule has 0 radical (unpaired) electrons. The molecular formula is C34H37ClN6O3. The van der Waals surface area contributed by atoms with Crippen molar-refractivity contribution in [2.75, 3.05) is 25.0 Å². The largest absolute Gasteiger partial charge is 0.395 e. The highest BCUT2D eigenvalue weighted by Gasteiger charge is 2.20. The molecule has 2 amide bonds. The molecule has 5 N–H and O–H groups in total. The minimum atomic E-state index is -0.306. The Kier molecular flexibility index (Phi) is 10.3. The molecule has 4 aromatic rings. The fraction of sp³-hybridized carbons (Fsp3) is 0.294. The zero-order valence-corrected chi connectivity index (χ0v) is 25.7. The molecule has 3 heterocycles. The first-order valence-electron chi connectivity index (χ1n) is 14.8. The van der Waals surface area contributed by atoms with Crippen LogP contribution in [0.25, 0.3) is 22.4 Å². The van der Waals surface area contributed by atoms with Gasteiger partial charge in [-0.3, -0.25) is 19.6 Å². The number of aryl methyl sites for hydroxylation is 1. The number of rotatable bonds is 12. The molecule has 2 aromatic carbocycles. The third kappa shape index (κ3) is 7.49. The fourth-order valence-corrected chi connectivity index (χ4v) is 5.65. The molecule has 9 nitrogen and oxygen atoms in total. The van der Waals surface area contributed by atoms with Crippen molar-refractivity contribution in [1.82, 2.24) is 25.9 Å². The molecule has 0 saturated carbocycles.